The van der Waals surface area contributed by atoms with Gasteiger partial charge in [-0.2, -0.15) is 0 Å². The maximum absolute atomic E-state index is 13.1. The Kier molecular flexibility index (Phi) is 9.36. The van der Waals surface area contributed by atoms with Crippen LogP contribution in [0.4, 0.5) is 0 Å². The summed E-state index contributed by atoms with van der Waals surface area (Å²) in [5, 5.41) is 3.12. The van der Waals surface area contributed by atoms with E-state index in [0.29, 0.717) is 13.1 Å². The quantitative estimate of drug-likeness (QED) is 0.532. The van der Waals surface area contributed by atoms with Crippen LogP contribution in [0.2, 0.25) is 0 Å². The second kappa shape index (κ2) is 12.2. The lowest BCUT2D eigenvalue weighted by Gasteiger charge is -2.34. The van der Waals surface area contributed by atoms with Gasteiger partial charge in [0.1, 0.15) is 5.75 Å². The zero-order chi connectivity index (χ0) is 22.9. The number of likely N-dealkylation sites (tertiary alicyclic amines) is 1. The first-order valence-corrected chi connectivity index (χ1v) is 12.2. The molecule has 1 N–H and O–H groups in total. The van der Waals surface area contributed by atoms with Gasteiger partial charge >= 0.3 is 0 Å². The Morgan fingerprint density at radius 3 is 2.34 bits per heavy atom. The van der Waals surface area contributed by atoms with Crippen molar-refractivity contribution >= 4 is 11.8 Å². The van der Waals surface area contributed by atoms with Crippen molar-refractivity contribution in [2.24, 2.45) is 5.92 Å². The molecule has 2 fully saturated rings. The van der Waals surface area contributed by atoms with Crippen LogP contribution in [0, 0.1) is 5.92 Å². The summed E-state index contributed by atoms with van der Waals surface area (Å²) in [6.07, 6.45) is 3.18. The lowest BCUT2D eigenvalue weighted by molar-refractivity contribution is -0.129. The number of nitrogens with one attached hydrogen (secondary N) is 1. The first-order chi connectivity index (χ1) is 15.6. The Hall–Kier alpha value is -2.12. The Bertz CT molecular complexity index is 731. The monoisotopic (exact) mass is 444 g/mol. The molecule has 7 nitrogen and oxygen atoms in total. The smallest absolute Gasteiger partial charge is 0.226 e. The molecule has 0 aromatic heterocycles. The summed E-state index contributed by atoms with van der Waals surface area (Å²) >= 11 is 0. The largest absolute Gasteiger partial charge is 0.497 e. The summed E-state index contributed by atoms with van der Waals surface area (Å²) in [5.74, 6) is 0.502. The van der Waals surface area contributed by atoms with Crippen LogP contribution in [-0.4, -0.2) is 86.0 Å². The van der Waals surface area contributed by atoms with Gasteiger partial charge in [-0.05, 0) is 43.6 Å². The summed E-state index contributed by atoms with van der Waals surface area (Å²) in [4.78, 5) is 32.8. The average molecular weight is 445 g/mol. The van der Waals surface area contributed by atoms with Crippen LogP contribution < -0.4 is 10.1 Å². The standard InChI is InChI=1S/C25H40N4O3/c1-4-6-14-29-23(30)19-22(24(29)20-8-10-21(32-3)11-9-20)25(31)26-12-7-13-28-17-15-27(5-2)16-18-28/h8-11,22,24H,4-7,12-19H2,1-3H3,(H,26,31). The highest BCUT2D eigenvalue weighted by Gasteiger charge is 2.44. The SMILES string of the molecule is CCCCN1C(=O)CC(C(=O)NCCCN2CCN(CC)CC2)C1c1ccc(OC)cc1. The van der Waals surface area contributed by atoms with Crippen molar-refractivity contribution in [2.45, 2.75) is 45.6 Å². The molecule has 0 spiro atoms. The number of hydrogen-bond donors (Lipinski definition) is 1. The van der Waals surface area contributed by atoms with Gasteiger partial charge in [-0.15, -0.1) is 0 Å². The number of hydrogen-bond acceptors (Lipinski definition) is 5. The van der Waals surface area contributed by atoms with Crippen molar-refractivity contribution in [3.63, 3.8) is 0 Å². The van der Waals surface area contributed by atoms with Gasteiger partial charge < -0.3 is 24.8 Å². The number of carbonyl (C=O) groups is 2. The fourth-order valence-electron chi connectivity index (χ4n) is 4.81. The van der Waals surface area contributed by atoms with Gasteiger partial charge in [0.25, 0.3) is 0 Å². The number of methoxy groups -OCH3 is 1. The molecule has 2 atom stereocenters. The van der Waals surface area contributed by atoms with Crippen LogP contribution in [-0.2, 0) is 9.59 Å². The van der Waals surface area contributed by atoms with Crippen LogP contribution in [0.25, 0.3) is 0 Å². The summed E-state index contributed by atoms with van der Waals surface area (Å²) in [6, 6.07) is 7.57. The van der Waals surface area contributed by atoms with E-state index < -0.39 is 0 Å². The molecule has 2 amide bonds. The fraction of sp³-hybridized carbons (Fsp3) is 0.680. The summed E-state index contributed by atoms with van der Waals surface area (Å²) < 4.78 is 5.28. The molecule has 2 saturated heterocycles. The van der Waals surface area contributed by atoms with E-state index in [1.165, 1.54) is 0 Å². The topological polar surface area (TPSA) is 65.1 Å². The van der Waals surface area contributed by atoms with Crippen molar-refractivity contribution in [1.82, 2.24) is 20.0 Å². The molecular formula is C25H40N4O3. The maximum atomic E-state index is 13.1. The second-order valence-corrected chi connectivity index (χ2v) is 8.89. The third kappa shape index (κ3) is 6.23. The Morgan fingerprint density at radius 2 is 1.72 bits per heavy atom. The number of ether oxygens (including phenoxy) is 1. The third-order valence-electron chi connectivity index (χ3n) is 6.84. The highest BCUT2D eigenvalue weighted by Crippen LogP contribution is 2.39. The number of carbonyl (C=O) groups excluding carboxylic acids is 2. The van der Waals surface area contributed by atoms with Gasteiger partial charge in [-0.3, -0.25) is 9.59 Å². The Balaban J connectivity index is 1.57. The molecule has 178 valence electrons. The summed E-state index contributed by atoms with van der Waals surface area (Å²) in [7, 11) is 1.64. The first-order valence-electron chi connectivity index (χ1n) is 12.2. The van der Waals surface area contributed by atoms with Crippen LogP contribution >= 0.6 is 0 Å². The van der Waals surface area contributed by atoms with Crippen molar-refractivity contribution in [1.29, 1.82) is 0 Å². The van der Waals surface area contributed by atoms with E-state index in [2.05, 4.69) is 29.0 Å². The molecule has 0 aliphatic carbocycles. The zero-order valence-electron chi connectivity index (χ0n) is 20.0. The van der Waals surface area contributed by atoms with E-state index in [4.69, 9.17) is 4.74 Å². The minimum Gasteiger partial charge on any atom is -0.497 e. The van der Waals surface area contributed by atoms with E-state index in [-0.39, 0.29) is 30.2 Å². The van der Waals surface area contributed by atoms with Crippen LogP contribution in [0.5, 0.6) is 5.75 Å². The number of nitrogens with zero attached hydrogens (tertiary/aromatic N) is 3. The van der Waals surface area contributed by atoms with E-state index in [1.54, 1.807) is 7.11 Å². The van der Waals surface area contributed by atoms with Gasteiger partial charge in [0.15, 0.2) is 0 Å². The molecule has 3 rings (SSSR count). The van der Waals surface area contributed by atoms with Crippen molar-refractivity contribution in [3.8, 4) is 5.75 Å². The number of piperazine rings is 1. The number of unbranched alkanes of at least 4 members (excludes halogenated alkanes) is 1. The van der Waals surface area contributed by atoms with E-state index in [0.717, 1.165) is 69.8 Å². The third-order valence-corrected chi connectivity index (χ3v) is 6.84. The van der Waals surface area contributed by atoms with E-state index >= 15 is 0 Å². The molecule has 7 heteroatoms. The highest BCUT2D eigenvalue weighted by molar-refractivity contribution is 5.90. The molecule has 32 heavy (non-hydrogen) atoms. The van der Waals surface area contributed by atoms with Crippen molar-refractivity contribution < 1.29 is 14.3 Å². The molecule has 2 aliphatic heterocycles. The summed E-state index contributed by atoms with van der Waals surface area (Å²) in [6.45, 7) is 12.3. The maximum Gasteiger partial charge on any atom is 0.226 e. The Morgan fingerprint density at radius 1 is 1.03 bits per heavy atom. The van der Waals surface area contributed by atoms with E-state index in [9.17, 15) is 9.59 Å². The van der Waals surface area contributed by atoms with Gasteiger partial charge in [0.05, 0.1) is 19.1 Å². The van der Waals surface area contributed by atoms with Crippen LogP contribution in [0.3, 0.4) is 0 Å². The molecule has 2 unspecified atom stereocenters. The molecular weight excluding hydrogens is 404 g/mol. The van der Waals surface area contributed by atoms with Crippen molar-refractivity contribution in [2.75, 3.05) is 59.5 Å². The zero-order valence-corrected chi connectivity index (χ0v) is 20.0. The number of amides is 2. The molecule has 0 radical (unpaired) electrons. The molecule has 0 saturated carbocycles. The van der Waals surface area contributed by atoms with E-state index in [1.807, 2.05) is 29.2 Å². The minimum absolute atomic E-state index is 0.00558. The predicted molar refractivity (Wildman–Crippen MR) is 127 cm³/mol. The number of benzene rings is 1. The highest BCUT2D eigenvalue weighted by atomic mass is 16.5. The van der Waals surface area contributed by atoms with Crippen LogP contribution in [0.1, 0.15) is 51.1 Å². The second-order valence-electron chi connectivity index (χ2n) is 8.89. The normalized spacial score (nSPS) is 22.3. The molecule has 1 aromatic carbocycles. The van der Waals surface area contributed by atoms with Gasteiger partial charge in [0, 0.05) is 45.7 Å². The molecule has 2 heterocycles. The summed E-state index contributed by atoms with van der Waals surface area (Å²) in [5.41, 5.74) is 1.00. The average Bonchev–Trinajstić information content (AvgIpc) is 3.16. The van der Waals surface area contributed by atoms with Gasteiger partial charge in [0.2, 0.25) is 11.8 Å². The predicted octanol–water partition coefficient (Wildman–Crippen LogP) is 2.53. The molecule has 0 bridgehead atoms. The van der Waals surface area contributed by atoms with Gasteiger partial charge in [-0.25, -0.2) is 0 Å². The minimum atomic E-state index is -0.346. The lowest BCUT2D eigenvalue weighted by Crippen LogP contribution is -2.46. The molecule has 2 aliphatic rings. The number of rotatable bonds is 11. The number of likely N-dealkylation sites (N-methyl/N-ethyl adjacent to an activating group) is 1. The lowest BCUT2D eigenvalue weighted by atomic mass is 9.92. The Labute approximate surface area is 193 Å². The van der Waals surface area contributed by atoms with Crippen LogP contribution in [0.15, 0.2) is 24.3 Å². The fourth-order valence-corrected chi connectivity index (χ4v) is 4.81. The van der Waals surface area contributed by atoms with Crippen molar-refractivity contribution in [3.05, 3.63) is 29.8 Å². The first kappa shape index (κ1) is 24.5. The van der Waals surface area contributed by atoms with Gasteiger partial charge in [-0.1, -0.05) is 32.4 Å². The molecule has 1 aromatic rings.